The first-order chi connectivity index (χ1) is 9.64. The van der Waals surface area contributed by atoms with Gasteiger partial charge in [-0.2, -0.15) is 4.31 Å². The summed E-state index contributed by atoms with van der Waals surface area (Å²) in [4.78, 5) is 11.7. The molecule has 1 aromatic carbocycles. The van der Waals surface area contributed by atoms with Gasteiger partial charge in [0.2, 0.25) is 15.9 Å². The number of aliphatic hydroxyl groups is 1. The summed E-state index contributed by atoms with van der Waals surface area (Å²) in [6.45, 7) is 4.98. The molecule has 0 heterocycles. The van der Waals surface area contributed by atoms with Crippen molar-refractivity contribution in [3.63, 3.8) is 0 Å². The van der Waals surface area contributed by atoms with Crippen LogP contribution in [0.3, 0.4) is 0 Å². The zero-order valence-corrected chi connectivity index (χ0v) is 13.5. The van der Waals surface area contributed by atoms with E-state index < -0.39 is 16.1 Å². The fourth-order valence-corrected chi connectivity index (χ4v) is 2.88. The lowest BCUT2D eigenvalue weighted by atomic mass is 10.1. The molecule has 6 nitrogen and oxygen atoms in total. The van der Waals surface area contributed by atoms with E-state index in [1.165, 1.54) is 19.2 Å². The van der Waals surface area contributed by atoms with Crippen LogP contribution >= 0.6 is 0 Å². The molecule has 1 aromatic rings. The minimum atomic E-state index is -3.72. The summed E-state index contributed by atoms with van der Waals surface area (Å²) < 4.78 is 25.6. The Morgan fingerprint density at radius 3 is 2.19 bits per heavy atom. The van der Waals surface area contributed by atoms with Crippen LogP contribution in [0, 0.1) is 0 Å². The number of rotatable bonds is 6. The van der Waals surface area contributed by atoms with Crippen molar-refractivity contribution in [2.24, 2.45) is 0 Å². The van der Waals surface area contributed by atoms with E-state index in [-0.39, 0.29) is 23.4 Å². The van der Waals surface area contributed by atoms with E-state index in [0.29, 0.717) is 5.56 Å². The number of nitrogens with zero attached hydrogens (tertiary/aromatic N) is 1. The maximum Gasteiger partial charge on any atom is 0.243 e. The molecule has 0 aromatic heterocycles. The molecule has 1 unspecified atom stereocenters. The van der Waals surface area contributed by atoms with Crippen molar-refractivity contribution in [1.82, 2.24) is 9.62 Å². The quantitative estimate of drug-likeness (QED) is 0.816. The highest BCUT2D eigenvalue weighted by atomic mass is 32.2. The lowest BCUT2D eigenvalue weighted by molar-refractivity contribution is -0.121. The highest BCUT2D eigenvalue weighted by molar-refractivity contribution is 7.89. The standard InChI is InChI=1S/C14H22N2O4S/c1-10(2)15-14(18)9-16(4)21(19,20)13-7-5-12(6-8-13)11(3)17/h5-8,10-11,17H,9H2,1-4H3,(H,15,18). The van der Waals surface area contributed by atoms with Crippen molar-refractivity contribution in [3.8, 4) is 0 Å². The average molecular weight is 314 g/mol. The highest BCUT2D eigenvalue weighted by Gasteiger charge is 2.23. The van der Waals surface area contributed by atoms with Gasteiger partial charge in [-0.3, -0.25) is 4.79 Å². The lowest BCUT2D eigenvalue weighted by Gasteiger charge is -2.18. The summed E-state index contributed by atoms with van der Waals surface area (Å²) in [7, 11) is -2.36. The molecule has 0 spiro atoms. The molecular formula is C14H22N2O4S. The summed E-state index contributed by atoms with van der Waals surface area (Å²) in [5.74, 6) is -0.350. The van der Waals surface area contributed by atoms with Gasteiger partial charge in [0.25, 0.3) is 0 Å². The largest absolute Gasteiger partial charge is 0.389 e. The molecule has 0 saturated heterocycles. The molecule has 7 heteroatoms. The zero-order valence-electron chi connectivity index (χ0n) is 12.7. The molecule has 0 aliphatic heterocycles. The van der Waals surface area contributed by atoms with E-state index in [1.54, 1.807) is 32.9 Å². The van der Waals surface area contributed by atoms with Crippen LogP contribution in [0.1, 0.15) is 32.4 Å². The van der Waals surface area contributed by atoms with E-state index in [9.17, 15) is 18.3 Å². The number of nitrogens with one attached hydrogen (secondary N) is 1. The van der Waals surface area contributed by atoms with Crippen molar-refractivity contribution >= 4 is 15.9 Å². The predicted molar refractivity (Wildman–Crippen MR) is 80.2 cm³/mol. The number of likely N-dealkylation sites (N-methyl/N-ethyl adjacent to an activating group) is 1. The molecule has 0 radical (unpaired) electrons. The first kappa shape index (κ1) is 17.6. The topological polar surface area (TPSA) is 86.7 Å². The molecule has 1 atom stereocenters. The average Bonchev–Trinajstić information content (AvgIpc) is 2.37. The number of sulfonamides is 1. The highest BCUT2D eigenvalue weighted by Crippen LogP contribution is 2.18. The summed E-state index contributed by atoms with van der Waals surface area (Å²) in [5.41, 5.74) is 0.633. The molecular weight excluding hydrogens is 292 g/mol. The van der Waals surface area contributed by atoms with E-state index in [2.05, 4.69) is 5.32 Å². The van der Waals surface area contributed by atoms with Gasteiger partial charge in [0.1, 0.15) is 0 Å². The first-order valence-corrected chi connectivity index (χ1v) is 8.12. The van der Waals surface area contributed by atoms with Gasteiger partial charge in [-0.1, -0.05) is 12.1 Å². The molecule has 0 fully saturated rings. The number of hydrogen-bond acceptors (Lipinski definition) is 4. The Hall–Kier alpha value is -1.44. The lowest BCUT2D eigenvalue weighted by Crippen LogP contribution is -2.40. The maximum atomic E-state index is 12.3. The number of amides is 1. The minimum absolute atomic E-state index is 0.0427. The third kappa shape index (κ3) is 4.80. The van der Waals surface area contributed by atoms with Crippen LogP contribution < -0.4 is 5.32 Å². The fourth-order valence-electron chi connectivity index (χ4n) is 1.75. The van der Waals surface area contributed by atoms with Gasteiger partial charge in [0, 0.05) is 13.1 Å². The normalized spacial score (nSPS) is 13.5. The summed E-state index contributed by atoms with van der Waals surface area (Å²) in [6.07, 6.45) is -0.656. The third-order valence-corrected chi connectivity index (χ3v) is 4.70. The van der Waals surface area contributed by atoms with E-state index in [0.717, 1.165) is 4.31 Å². The number of hydrogen-bond donors (Lipinski definition) is 2. The van der Waals surface area contributed by atoms with E-state index in [4.69, 9.17) is 0 Å². The van der Waals surface area contributed by atoms with Crippen molar-refractivity contribution in [1.29, 1.82) is 0 Å². The number of benzene rings is 1. The van der Waals surface area contributed by atoms with Crippen LogP contribution in [0.5, 0.6) is 0 Å². The zero-order chi connectivity index (χ0) is 16.2. The van der Waals surface area contributed by atoms with Gasteiger partial charge in [-0.25, -0.2) is 8.42 Å². The Morgan fingerprint density at radius 2 is 1.76 bits per heavy atom. The van der Waals surface area contributed by atoms with Gasteiger partial charge in [-0.05, 0) is 38.5 Å². The summed E-state index contributed by atoms with van der Waals surface area (Å²) >= 11 is 0. The second kappa shape index (κ2) is 7.02. The Bertz CT molecular complexity index is 579. The van der Waals surface area contributed by atoms with E-state index in [1.807, 2.05) is 0 Å². The molecule has 21 heavy (non-hydrogen) atoms. The van der Waals surface area contributed by atoms with E-state index >= 15 is 0 Å². The second-order valence-corrected chi connectivity index (χ2v) is 7.27. The molecule has 118 valence electrons. The van der Waals surface area contributed by atoms with Gasteiger partial charge < -0.3 is 10.4 Å². The van der Waals surface area contributed by atoms with Crippen LogP contribution in [0.2, 0.25) is 0 Å². The van der Waals surface area contributed by atoms with Crippen molar-refractivity contribution in [2.75, 3.05) is 13.6 Å². The predicted octanol–water partition coefficient (Wildman–Crippen LogP) is 0.885. The van der Waals surface area contributed by atoms with Gasteiger partial charge >= 0.3 is 0 Å². The second-order valence-electron chi connectivity index (χ2n) is 5.23. The Morgan fingerprint density at radius 1 is 1.24 bits per heavy atom. The van der Waals surface area contributed by atoms with Crippen LogP contribution in [0.25, 0.3) is 0 Å². The smallest absolute Gasteiger partial charge is 0.243 e. The molecule has 0 aliphatic carbocycles. The van der Waals surface area contributed by atoms with Crippen molar-refractivity contribution in [3.05, 3.63) is 29.8 Å². The molecule has 0 saturated carbocycles. The van der Waals surface area contributed by atoms with Crippen LogP contribution in [0.15, 0.2) is 29.2 Å². The maximum absolute atomic E-state index is 12.3. The molecule has 0 aliphatic rings. The molecule has 1 rings (SSSR count). The molecule has 2 N–H and O–H groups in total. The summed E-state index contributed by atoms with van der Waals surface area (Å²) in [6, 6.07) is 5.92. The Labute approximate surface area is 125 Å². The Balaban J connectivity index is 2.87. The molecule has 0 bridgehead atoms. The van der Waals surface area contributed by atoms with Crippen LogP contribution in [0.4, 0.5) is 0 Å². The van der Waals surface area contributed by atoms with Crippen molar-refractivity contribution in [2.45, 2.75) is 37.8 Å². The van der Waals surface area contributed by atoms with Gasteiger partial charge in [-0.15, -0.1) is 0 Å². The minimum Gasteiger partial charge on any atom is -0.389 e. The van der Waals surface area contributed by atoms with Gasteiger partial charge in [0.15, 0.2) is 0 Å². The number of carbonyl (C=O) groups is 1. The Kier molecular flexibility index (Phi) is 5.88. The first-order valence-electron chi connectivity index (χ1n) is 6.68. The van der Waals surface area contributed by atoms with Crippen molar-refractivity contribution < 1.29 is 18.3 Å². The SMILES string of the molecule is CC(C)NC(=O)CN(C)S(=O)(=O)c1ccc(C(C)O)cc1. The monoisotopic (exact) mass is 314 g/mol. The van der Waals surface area contributed by atoms with Crippen LogP contribution in [-0.4, -0.2) is 43.4 Å². The third-order valence-electron chi connectivity index (χ3n) is 2.89. The number of carbonyl (C=O) groups excluding carboxylic acids is 1. The number of aliphatic hydroxyl groups excluding tert-OH is 1. The fraction of sp³-hybridized carbons (Fsp3) is 0.500. The molecule has 1 amide bonds. The summed E-state index contributed by atoms with van der Waals surface area (Å²) in [5, 5.41) is 12.1. The van der Waals surface area contributed by atoms with Crippen LogP contribution in [-0.2, 0) is 14.8 Å². The van der Waals surface area contributed by atoms with Gasteiger partial charge in [0.05, 0.1) is 17.5 Å².